The lowest BCUT2D eigenvalue weighted by atomic mass is 10.1. The predicted octanol–water partition coefficient (Wildman–Crippen LogP) is 4.35. The maximum Gasteiger partial charge on any atom is 0.138 e. The van der Waals surface area contributed by atoms with Crippen molar-refractivity contribution < 1.29 is 14.2 Å². The summed E-state index contributed by atoms with van der Waals surface area (Å²) >= 11 is 9.29. The number of rotatable bonds is 4. The third-order valence-corrected chi connectivity index (χ3v) is 3.33. The van der Waals surface area contributed by atoms with Crippen LogP contribution in [0.4, 0.5) is 4.39 Å². The molecule has 1 unspecified atom stereocenters. The van der Waals surface area contributed by atoms with Crippen LogP contribution in [-0.4, -0.2) is 11.7 Å². The van der Waals surface area contributed by atoms with Crippen molar-refractivity contribution in [3.05, 3.63) is 63.3 Å². The molecule has 0 saturated carbocycles. The summed E-state index contributed by atoms with van der Waals surface area (Å²) in [5.41, 5.74) is 0.592. The Hall–Kier alpha value is -1.10. The van der Waals surface area contributed by atoms with Gasteiger partial charge in [-0.25, -0.2) is 4.39 Å². The third-order valence-electron chi connectivity index (χ3n) is 2.55. The molecule has 0 heterocycles. The van der Waals surface area contributed by atoms with Gasteiger partial charge in [0.1, 0.15) is 24.3 Å². The van der Waals surface area contributed by atoms with Crippen LogP contribution < -0.4 is 4.74 Å². The van der Waals surface area contributed by atoms with E-state index in [0.717, 1.165) is 4.47 Å². The Labute approximate surface area is 123 Å². The molecule has 2 aromatic rings. The van der Waals surface area contributed by atoms with Gasteiger partial charge in [0, 0.05) is 4.47 Å². The van der Waals surface area contributed by atoms with Crippen LogP contribution in [0.25, 0.3) is 0 Å². The highest BCUT2D eigenvalue weighted by atomic mass is 79.9. The number of halogens is 3. The van der Waals surface area contributed by atoms with E-state index in [1.165, 1.54) is 24.3 Å². The molecule has 2 rings (SSSR count). The fraction of sp³-hybridized carbons (Fsp3) is 0.143. The molecule has 0 saturated heterocycles. The standard InChI is InChI=1S/C14H11BrClFO2/c15-10-3-6-14(12(16)7-10)19-8-13(18)9-1-4-11(17)5-2-9/h1-7,13,18H,8H2. The van der Waals surface area contributed by atoms with E-state index in [-0.39, 0.29) is 12.4 Å². The largest absolute Gasteiger partial charge is 0.489 e. The van der Waals surface area contributed by atoms with E-state index in [0.29, 0.717) is 16.3 Å². The van der Waals surface area contributed by atoms with E-state index in [9.17, 15) is 9.50 Å². The fourth-order valence-corrected chi connectivity index (χ4v) is 2.27. The lowest BCUT2D eigenvalue weighted by Gasteiger charge is -2.13. The Balaban J connectivity index is 2.00. The summed E-state index contributed by atoms with van der Waals surface area (Å²) in [6, 6.07) is 10.9. The van der Waals surface area contributed by atoms with Gasteiger partial charge in [-0.15, -0.1) is 0 Å². The smallest absolute Gasteiger partial charge is 0.138 e. The predicted molar refractivity (Wildman–Crippen MR) is 76.0 cm³/mol. The second kappa shape index (κ2) is 6.37. The molecule has 0 aromatic heterocycles. The van der Waals surface area contributed by atoms with Gasteiger partial charge in [0.25, 0.3) is 0 Å². The van der Waals surface area contributed by atoms with Crippen LogP contribution in [0.15, 0.2) is 46.9 Å². The molecule has 0 aliphatic carbocycles. The molecule has 2 aromatic carbocycles. The van der Waals surface area contributed by atoms with Gasteiger partial charge in [0.05, 0.1) is 5.02 Å². The number of hydrogen-bond donors (Lipinski definition) is 1. The van der Waals surface area contributed by atoms with Crippen LogP contribution >= 0.6 is 27.5 Å². The fourth-order valence-electron chi connectivity index (χ4n) is 1.54. The molecule has 0 spiro atoms. The zero-order valence-electron chi connectivity index (χ0n) is 9.82. The number of benzene rings is 2. The minimum Gasteiger partial charge on any atom is -0.489 e. The van der Waals surface area contributed by atoms with E-state index in [1.807, 2.05) is 0 Å². The summed E-state index contributed by atoms with van der Waals surface area (Å²) in [5, 5.41) is 10.4. The van der Waals surface area contributed by atoms with Gasteiger partial charge in [-0.05, 0) is 35.9 Å². The lowest BCUT2D eigenvalue weighted by molar-refractivity contribution is 0.108. The summed E-state index contributed by atoms with van der Waals surface area (Å²) in [5.74, 6) is 0.152. The average molecular weight is 346 g/mol. The number of aliphatic hydroxyl groups is 1. The highest BCUT2D eigenvalue weighted by molar-refractivity contribution is 9.10. The second-order valence-electron chi connectivity index (χ2n) is 3.95. The Morgan fingerprint density at radius 2 is 1.89 bits per heavy atom. The molecule has 0 aliphatic heterocycles. The van der Waals surface area contributed by atoms with Crippen LogP contribution in [0.3, 0.4) is 0 Å². The topological polar surface area (TPSA) is 29.5 Å². The van der Waals surface area contributed by atoms with Gasteiger partial charge in [-0.1, -0.05) is 39.7 Å². The normalized spacial score (nSPS) is 12.2. The molecule has 19 heavy (non-hydrogen) atoms. The molecular weight excluding hydrogens is 335 g/mol. The molecule has 0 aliphatic rings. The van der Waals surface area contributed by atoms with Gasteiger partial charge in [-0.3, -0.25) is 0 Å². The molecule has 1 atom stereocenters. The van der Waals surface area contributed by atoms with Crippen LogP contribution in [0, 0.1) is 5.82 Å². The van der Waals surface area contributed by atoms with Crippen molar-refractivity contribution >= 4 is 27.5 Å². The summed E-state index contributed by atoms with van der Waals surface area (Å²) in [7, 11) is 0. The Morgan fingerprint density at radius 3 is 2.53 bits per heavy atom. The summed E-state index contributed by atoms with van der Waals surface area (Å²) in [6.45, 7) is 0.0486. The maximum atomic E-state index is 12.8. The second-order valence-corrected chi connectivity index (χ2v) is 5.28. The zero-order valence-corrected chi connectivity index (χ0v) is 12.2. The summed E-state index contributed by atoms with van der Waals surface area (Å²) < 4.78 is 19.0. The van der Waals surface area contributed by atoms with Crippen molar-refractivity contribution in [2.24, 2.45) is 0 Å². The van der Waals surface area contributed by atoms with Crippen LogP contribution in [0.1, 0.15) is 11.7 Å². The van der Waals surface area contributed by atoms with Crippen LogP contribution in [0.5, 0.6) is 5.75 Å². The molecular formula is C14H11BrClFO2. The molecule has 2 nitrogen and oxygen atoms in total. The van der Waals surface area contributed by atoms with Gasteiger partial charge in [-0.2, -0.15) is 0 Å². The van der Waals surface area contributed by atoms with Crippen molar-refractivity contribution in [1.29, 1.82) is 0 Å². The first-order chi connectivity index (χ1) is 9.06. The minimum absolute atomic E-state index is 0.0486. The number of hydrogen-bond acceptors (Lipinski definition) is 2. The van der Waals surface area contributed by atoms with Gasteiger partial charge in [0.2, 0.25) is 0 Å². The Morgan fingerprint density at radius 1 is 1.21 bits per heavy atom. The van der Waals surface area contributed by atoms with Crippen molar-refractivity contribution in [3.8, 4) is 5.75 Å². The van der Waals surface area contributed by atoms with E-state index in [4.69, 9.17) is 16.3 Å². The third kappa shape index (κ3) is 3.93. The molecule has 0 radical (unpaired) electrons. The lowest BCUT2D eigenvalue weighted by Crippen LogP contribution is -2.09. The number of ether oxygens (including phenoxy) is 1. The van der Waals surface area contributed by atoms with Crippen molar-refractivity contribution in [2.45, 2.75) is 6.10 Å². The molecule has 1 N–H and O–H groups in total. The van der Waals surface area contributed by atoms with Crippen LogP contribution in [0.2, 0.25) is 5.02 Å². The molecule has 0 fully saturated rings. The highest BCUT2D eigenvalue weighted by Gasteiger charge is 2.10. The van der Waals surface area contributed by atoms with Crippen molar-refractivity contribution in [1.82, 2.24) is 0 Å². The van der Waals surface area contributed by atoms with Crippen LogP contribution in [-0.2, 0) is 0 Å². The van der Waals surface area contributed by atoms with E-state index >= 15 is 0 Å². The first kappa shape index (κ1) is 14.3. The zero-order chi connectivity index (χ0) is 13.8. The maximum absolute atomic E-state index is 12.8. The Bertz CT molecular complexity index is 560. The first-order valence-electron chi connectivity index (χ1n) is 5.57. The summed E-state index contributed by atoms with van der Waals surface area (Å²) in [6.07, 6.45) is -0.833. The van der Waals surface area contributed by atoms with E-state index in [2.05, 4.69) is 15.9 Å². The first-order valence-corrected chi connectivity index (χ1v) is 6.75. The monoisotopic (exact) mass is 344 g/mol. The van der Waals surface area contributed by atoms with Crippen molar-refractivity contribution in [3.63, 3.8) is 0 Å². The van der Waals surface area contributed by atoms with E-state index < -0.39 is 6.10 Å². The summed E-state index contributed by atoms with van der Waals surface area (Å²) in [4.78, 5) is 0. The van der Waals surface area contributed by atoms with Gasteiger partial charge >= 0.3 is 0 Å². The molecule has 0 bridgehead atoms. The highest BCUT2D eigenvalue weighted by Crippen LogP contribution is 2.28. The average Bonchev–Trinajstić information content (AvgIpc) is 2.38. The van der Waals surface area contributed by atoms with Gasteiger partial charge in [0.15, 0.2) is 0 Å². The minimum atomic E-state index is -0.833. The molecule has 5 heteroatoms. The van der Waals surface area contributed by atoms with Gasteiger partial charge < -0.3 is 9.84 Å². The SMILES string of the molecule is OC(COc1ccc(Br)cc1Cl)c1ccc(F)cc1. The quantitative estimate of drug-likeness (QED) is 0.892. The number of aliphatic hydroxyl groups excluding tert-OH is 1. The Kier molecular flexibility index (Phi) is 4.80. The van der Waals surface area contributed by atoms with E-state index in [1.54, 1.807) is 18.2 Å². The molecule has 0 amide bonds. The van der Waals surface area contributed by atoms with Crippen molar-refractivity contribution in [2.75, 3.05) is 6.61 Å². The molecule has 100 valence electrons.